The van der Waals surface area contributed by atoms with Gasteiger partial charge in [0.25, 0.3) is 0 Å². The minimum atomic E-state index is -2.22. The molecule has 3 N–H and O–H groups in total. The van der Waals surface area contributed by atoms with Crippen molar-refractivity contribution in [1.29, 1.82) is 0 Å². The lowest BCUT2D eigenvalue weighted by molar-refractivity contribution is 0.247. The summed E-state index contributed by atoms with van der Waals surface area (Å²) in [4.78, 5) is 2.62. The molecule has 0 radical (unpaired) electrons. The van der Waals surface area contributed by atoms with Gasteiger partial charge in [-0.3, -0.25) is 0 Å². The van der Waals surface area contributed by atoms with Gasteiger partial charge in [-0.05, 0) is 12.1 Å². The molecule has 0 saturated heterocycles. The van der Waals surface area contributed by atoms with E-state index < -0.39 is 16.5 Å². The van der Waals surface area contributed by atoms with Gasteiger partial charge in [-0.25, -0.2) is 4.21 Å². The molecule has 4 nitrogen and oxygen atoms in total. The lowest BCUT2D eigenvalue weighted by Crippen LogP contribution is -2.03. The Morgan fingerprint density at radius 1 is 1.70 bits per heavy atom. The van der Waals surface area contributed by atoms with Crippen LogP contribution < -0.4 is 0 Å². The average molecular weight is 161 g/mol. The third kappa shape index (κ3) is 1.44. The largest absolute Gasteiger partial charge is 0.372 e. The number of aliphatic hydroxyl groups excluding tert-OH is 1. The molecule has 0 spiro atoms. The highest BCUT2D eigenvalue weighted by atomic mass is 32.2. The Kier molecular flexibility index (Phi) is 2.21. The molecule has 0 saturated carbocycles. The molecule has 0 aliphatic rings. The SMILES string of the molecule is O=S(O)C(O)c1ccc[nH]1. The topological polar surface area (TPSA) is 73.3 Å². The molecule has 2 unspecified atom stereocenters. The number of aromatic nitrogens is 1. The predicted molar refractivity (Wildman–Crippen MR) is 36.5 cm³/mol. The lowest BCUT2D eigenvalue weighted by atomic mass is 10.5. The second kappa shape index (κ2) is 2.96. The summed E-state index contributed by atoms with van der Waals surface area (Å²) < 4.78 is 18.6. The second-order valence-corrected chi connectivity index (χ2v) is 2.75. The smallest absolute Gasteiger partial charge is 0.195 e. The summed E-state index contributed by atoms with van der Waals surface area (Å²) in [5.41, 5.74) is -0.976. The quantitative estimate of drug-likeness (QED) is 0.543. The van der Waals surface area contributed by atoms with Crippen LogP contribution in [-0.2, 0) is 11.1 Å². The molecule has 5 heteroatoms. The van der Waals surface area contributed by atoms with E-state index in [-0.39, 0.29) is 0 Å². The van der Waals surface area contributed by atoms with E-state index >= 15 is 0 Å². The van der Waals surface area contributed by atoms with Crippen molar-refractivity contribution >= 4 is 11.1 Å². The molecule has 2 atom stereocenters. The van der Waals surface area contributed by atoms with Crippen LogP contribution in [0.3, 0.4) is 0 Å². The van der Waals surface area contributed by atoms with Gasteiger partial charge in [-0.1, -0.05) is 0 Å². The van der Waals surface area contributed by atoms with E-state index in [2.05, 4.69) is 4.98 Å². The van der Waals surface area contributed by atoms with Crippen LogP contribution in [0.4, 0.5) is 0 Å². The summed E-state index contributed by atoms with van der Waals surface area (Å²) in [5, 5.41) is 8.91. The van der Waals surface area contributed by atoms with Gasteiger partial charge < -0.3 is 14.6 Å². The molecule has 1 aromatic rings. The second-order valence-electron chi connectivity index (χ2n) is 1.75. The van der Waals surface area contributed by atoms with Gasteiger partial charge in [0, 0.05) is 6.20 Å². The number of rotatable bonds is 2. The Labute approximate surface area is 60.2 Å². The van der Waals surface area contributed by atoms with Gasteiger partial charge in [-0.2, -0.15) is 0 Å². The average Bonchev–Trinajstić information content (AvgIpc) is 2.36. The standard InChI is InChI=1S/C5H7NO3S/c7-5(10(8)9)4-2-1-3-6-4/h1-3,5-7H,(H,8,9). The van der Waals surface area contributed by atoms with E-state index in [1.165, 1.54) is 0 Å². The Bertz CT molecular complexity index is 221. The van der Waals surface area contributed by atoms with Crippen molar-refractivity contribution in [3.63, 3.8) is 0 Å². The van der Waals surface area contributed by atoms with Gasteiger partial charge >= 0.3 is 0 Å². The molecule has 1 aromatic heterocycles. The van der Waals surface area contributed by atoms with Gasteiger partial charge in [0.1, 0.15) is 0 Å². The predicted octanol–water partition coefficient (Wildman–Crippen LogP) is 0.227. The Morgan fingerprint density at radius 3 is 2.80 bits per heavy atom. The number of hydrogen-bond donors (Lipinski definition) is 3. The third-order valence-corrected chi connectivity index (χ3v) is 1.71. The van der Waals surface area contributed by atoms with E-state index in [1.54, 1.807) is 18.3 Å². The van der Waals surface area contributed by atoms with Crippen LogP contribution in [0, 0.1) is 0 Å². The molecule has 1 heterocycles. The summed E-state index contributed by atoms with van der Waals surface area (Å²) in [6, 6.07) is 3.18. The van der Waals surface area contributed by atoms with Crippen LogP contribution >= 0.6 is 0 Å². The van der Waals surface area contributed by atoms with Crippen LogP contribution in [0.2, 0.25) is 0 Å². The fraction of sp³-hybridized carbons (Fsp3) is 0.200. The van der Waals surface area contributed by atoms with Crippen molar-refractivity contribution in [3.05, 3.63) is 24.0 Å². The van der Waals surface area contributed by atoms with E-state index in [0.717, 1.165) is 0 Å². The summed E-state index contributed by atoms with van der Waals surface area (Å²) in [6.07, 6.45) is 1.57. The monoisotopic (exact) mass is 161 g/mol. The number of hydrogen-bond acceptors (Lipinski definition) is 2. The summed E-state index contributed by atoms with van der Waals surface area (Å²) in [5.74, 6) is 0. The molecule has 0 aromatic carbocycles. The van der Waals surface area contributed by atoms with E-state index in [4.69, 9.17) is 9.66 Å². The first-order chi connectivity index (χ1) is 4.72. The van der Waals surface area contributed by atoms with E-state index in [1.807, 2.05) is 0 Å². The number of H-pyrrole nitrogens is 1. The highest BCUT2D eigenvalue weighted by Crippen LogP contribution is 2.11. The van der Waals surface area contributed by atoms with Crippen molar-refractivity contribution < 1.29 is 13.9 Å². The van der Waals surface area contributed by atoms with Crippen LogP contribution in [-0.4, -0.2) is 18.9 Å². The van der Waals surface area contributed by atoms with Gasteiger partial charge in [-0.15, -0.1) is 0 Å². The highest BCUT2D eigenvalue weighted by molar-refractivity contribution is 7.79. The Morgan fingerprint density at radius 2 is 2.40 bits per heavy atom. The minimum absolute atomic E-state index is 0.348. The van der Waals surface area contributed by atoms with Crippen molar-refractivity contribution in [2.24, 2.45) is 0 Å². The maximum atomic E-state index is 10.2. The summed E-state index contributed by atoms with van der Waals surface area (Å²) in [7, 11) is 0. The van der Waals surface area contributed by atoms with Crippen molar-refractivity contribution in [3.8, 4) is 0 Å². The zero-order valence-corrected chi connectivity index (χ0v) is 5.84. The van der Waals surface area contributed by atoms with Gasteiger partial charge in [0.2, 0.25) is 0 Å². The normalized spacial score (nSPS) is 16.6. The van der Waals surface area contributed by atoms with E-state index in [0.29, 0.717) is 5.69 Å². The molecule has 0 aliphatic carbocycles. The van der Waals surface area contributed by atoms with Crippen LogP contribution in [0.5, 0.6) is 0 Å². The van der Waals surface area contributed by atoms with Crippen molar-refractivity contribution in [2.45, 2.75) is 5.44 Å². The maximum absolute atomic E-state index is 10.2. The summed E-state index contributed by atoms with van der Waals surface area (Å²) in [6.45, 7) is 0. The Hall–Kier alpha value is -0.650. The van der Waals surface area contributed by atoms with Crippen LogP contribution in [0.1, 0.15) is 11.1 Å². The van der Waals surface area contributed by atoms with Crippen LogP contribution in [0.25, 0.3) is 0 Å². The van der Waals surface area contributed by atoms with Crippen molar-refractivity contribution in [2.75, 3.05) is 0 Å². The molecule has 0 amide bonds. The summed E-state index contributed by atoms with van der Waals surface area (Å²) >= 11 is -2.22. The lowest BCUT2D eigenvalue weighted by Gasteiger charge is -2.00. The molecular weight excluding hydrogens is 154 g/mol. The molecule has 1 rings (SSSR count). The molecule has 56 valence electrons. The molecule has 0 aliphatic heterocycles. The van der Waals surface area contributed by atoms with Crippen molar-refractivity contribution in [1.82, 2.24) is 4.98 Å². The fourth-order valence-corrected chi connectivity index (χ4v) is 0.970. The molecule has 0 fully saturated rings. The van der Waals surface area contributed by atoms with Gasteiger partial charge in [0.15, 0.2) is 16.5 Å². The first-order valence-corrected chi connectivity index (χ1v) is 3.80. The van der Waals surface area contributed by atoms with Gasteiger partial charge in [0.05, 0.1) is 5.69 Å². The zero-order valence-electron chi connectivity index (χ0n) is 5.02. The Balaban J connectivity index is 2.77. The molecule has 0 bridgehead atoms. The minimum Gasteiger partial charge on any atom is -0.372 e. The van der Waals surface area contributed by atoms with Crippen LogP contribution in [0.15, 0.2) is 18.3 Å². The first-order valence-electron chi connectivity index (χ1n) is 2.63. The highest BCUT2D eigenvalue weighted by Gasteiger charge is 2.12. The molecular formula is C5H7NO3S. The number of aromatic amines is 1. The number of nitrogens with one attached hydrogen (secondary N) is 1. The zero-order chi connectivity index (χ0) is 7.56. The first kappa shape index (κ1) is 7.46. The third-order valence-electron chi connectivity index (χ3n) is 1.08. The number of aliphatic hydroxyl groups is 1. The fourth-order valence-electron chi connectivity index (χ4n) is 0.606. The maximum Gasteiger partial charge on any atom is 0.195 e. The van der Waals surface area contributed by atoms with E-state index in [9.17, 15) is 4.21 Å². The molecule has 10 heavy (non-hydrogen) atoms.